The molecule has 28 heavy (non-hydrogen) atoms. The van der Waals surface area contributed by atoms with Gasteiger partial charge in [-0.2, -0.15) is 0 Å². The number of anilines is 2. The first-order chi connectivity index (χ1) is 13.3. The average molecular weight is 492 g/mol. The molecular formula is C16H9BrF3N3O3S2. The fourth-order valence-electron chi connectivity index (χ4n) is 2.21. The summed E-state index contributed by atoms with van der Waals surface area (Å²) in [6.07, 6.45) is 0. The van der Waals surface area contributed by atoms with Crippen LogP contribution in [0.25, 0.3) is 11.3 Å². The predicted molar refractivity (Wildman–Crippen MR) is 104 cm³/mol. The number of hydrogen-bond donors (Lipinski definition) is 3. The van der Waals surface area contributed by atoms with E-state index in [1.54, 1.807) is 22.2 Å². The number of carbonyl (C=O) groups excluding carboxylic acids is 1. The molecule has 1 heterocycles. The Morgan fingerprint density at radius 3 is 2.50 bits per heavy atom. The fourth-order valence-corrected chi connectivity index (χ4v) is 3.56. The Bertz CT molecular complexity index is 1080. The van der Waals surface area contributed by atoms with Gasteiger partial charge in [-0.1, -0.05) is 28.1 Å². The zero-order chi connectivity index (χ0) is 20.4. The van der Waals surface area contributed by atoms with Crippen molar-refractivity contribution in [3.63, 3.8) is 0 Å². The van der Waals surface area contributed by atoms with Crippen LogP contribution in [0.4, 0.5) is 24.0 Å². The molecule has 0 saturated carbocycles. The second-order valence-corrected chi connectivity index (χ2v) is 7.74. The fraction of sp³-hybridized carbons (Fsp3) is 0. The van der Waals surface area contributed by atoms with Crippen LogP contribution in [0.3, 0.4) is 0 Å². The van der Waals surface area contributed by atoms with Gasteiger partial charge >= 0.3 is 0 Å². The highest BCUT2D eigenvalue weighted by Gasteiger charge is 2.24. The maximum Gasteiger partial charge on any atom is 0.259 e. The van der Waals surface area contributed by atoms with E-state index < -0.39 is 45.9 Å². The van der Waals surface area contributed by atoms with Crippen molar-refractivity contribution in [1.29, 1.82) is 0 Å². The molecule has 2 aromatic carbocycles. The van der Waals surface area contributed by atoms with Gasteiger partial charge in [0.05, 0.1) is 11.3 Å². The Labute approximate surface area is 171 Å². The summed E-state index contributed by atoms with van der Waals surface area (Å²) in [5.74, 6) is -6.33. The van der Waals surface area contributed by atoms with Crippen molar-refractivity contribution in [2.45, 2.75) is 0 Å². The van der Waals surface area contributed by atoms with Crippen molar-refractivity contribution in [3.8, 4) is 11.3 Å². The normalized spacial score (nSPS) is 11.9. The van der Waals surface area contributed by atoms with Crippen LogP contribution in [0, 0.1) is 17.5 Å². The smallest absolute Gasteiger partial charge is 0.259 e. The summed E-state index contributed by atoms with van der Waals surface area (Å²) in [4.78, 5) is 16.6. The summed E-state index contributed by atoms with van der Waals surface area (Å²) in [6.45, 7) is 0. The van der Waals surface area contributed by atoms with E-state index >= 15 is 0 Å². The van der Waals surface area contributed by atoms with Crippen LogP contribution in [0.5, 0.6) is 0 Å². The van der Waals surface area contributed by atoms with Crippen LogP contribution in [0.1, 0.15) is 10.4 Å². The van der Waals surface area contributed by atoms with Crippen molar-refractivity contribution in [2.24, 2.45) is 0 Å². The highest BCUT2D eigenvalue weighted by atomic mass is 79.9. The number of amides is 1. The van der Waals surface area contributed by atoms with E-state index in [0.717, 1.165) is 21.4 Å². The lowest BCUT2D eigenvalue weighted by Crippen LogP contribution is -2.18. The SMILES string of the molecule is O=C(Nc1nc(-c2ccc(Br)cc2)cs1)c1cc(F)c(F)c(F)c1NS(=O)O. The van der Waals surface area contributed by atoms with Gasteiger partial charge in [-0.25, -0.2) is 22.4 Å². The van der Waals surface area contributed by atoms with Crippen molar-refractivity contribution in [3.05, 3.63) is 63.2 Å². The number of hydrogen-bond acceptors (Lipinski definition) is 4. The van der Waals surface area contributed by atoms with Gasteiger partial charge in [0, 0.05) is 15.4 Å². The molecule has 0 aliphatic heterocycles. The van der Waals surface area contributed by atoms with Gasteiger partial charge in [0.25, 0.3) is 17.2 Å². The van der Waals surface area contributed by atoms with Gasteiger partial charge in [0.2, 0.25) is 0 Å². The lowest BCUT2D eigenvalue weighted by atomic mass is 10.1. The summed E-state index contributed by atoms with van der Waals surface area (Å²) in [7, 11) is 0. The van der Waals surface area contributed by atoms with E-state index in [9.17, 15) is 22.2 Å². The lowest BCUT2D eigenvalue weighted by molar-refractivity contribution is 0.102. The number of nitrogens with zero attached hydrogens (tertiary/aromatic N) is 1. The Balaban J connectivity index is 1.89. The second kappa shape index (κ2) is 8.39. The van der Waals surface area contributed by atoms with Crippen LogP contribution in [0.2, 0.25) is 0 Å². The van der Waals surface area contributed by atoms with E-state index in [4.69, 9.17) is 4.55 Å². The molecule has 0 fully saturated rings. The first-order valence-electron chi connectivity index (χ1n) is 7.34. The van der Waals surface area contributed by atoms with Gasteiger partial charge in [-0.3, -0.25) is 19.4 Å². The maximum absolute atomic E-state index is 13.9. The third-order valence-corrected chi connectivity index (χ3v) is 5.13. The molecule has 0 spiro atoms. The number of nitrogens with one attached hydrogen (secondary N) is 2. The van der Waals surface area contributed by atoms with E-state index in [1.165, 1.54) is 0 Å². The van der Waals surface area contributed by atoms with Crippen molar-refractivity contribution in [2.75, 3.05) is 10.0 Å². The lowest BCUT2D eigenvalue weighted by Gasteiger charge is -2.11. The predicted octanol–water partition coefficient (Wildman–Crippen LogP) is 4.79. The molecule has 3 rings (SSSR count). The number of thiazole rings is 1. The maximum atomic E-state index is 13.9. The summed E-state index contributed by atoms with van der Waals surface area (Å²) in [6, 6.07) is 7.64. The summed E-state index contributed by atoms with van der Waals surface area (Å²) in [5, 5.41) is 4.10. The molecule has 1 amide bonds. The average Bonchev–Trinajstić information content (AvgIpc) is 3.10. The van der Waals surface area contributed by atoms with Crippen LogP contribution in [-0.4, -0.2) is 19.7 Å². The van der Waals surface area contributed by atoms with E-state index in [-0.39, 0.29) is 5.13 Å². The van der Waals surface area contributed by atoms with Crippen LogP contribution in [-0.2, 0) is 11.3 Å². The summed E-state index contributed by atoms with van der Waals surface area (Å²) >= 11 is 1.56. The Morgan fingerprint density at radius 1 is 1.18 bits per heavy atom. The number of rotatable bonds is 5. The topological polar surface area (TPSA) is 91.3 Å². The molecule has 1 unspecified atom stereocenters. The molecule has 0 saturated heterocycles. The van der Waals surface area contributed by atoms with E-state index in [2.05, 4.69) is 26.2 Å². The third kappa shape index (κ3) is 4.41. The van der Waals surface area contributed by atoms with Crippen molar-refractivity contribution < 1.29 is 26.7 Å². The molecule has 12 heteroatoms. The van der Waals surface area contributed by atoms with Gasteiger partial charge in [0.1, 0.15) is 5.69 Å². The Kier molecular flexibility index (Phi) is 6.13. The minimum absolute atomic E-state index is 0.115. The molecule has 146 valence electrons. The summed E-state index contributed by atoms with van der Waals surface area (Å²) < 4.78 is 63.2. The first kappa shape index (κ1) is 20.5. The molecule has 0 bridgehead atoms. The summed E-state index contributed by atoms with van der Waals surface area (Å²) in [5.41, 5.74) is -0.308. The molecule has 3 aromatic rings. The molecule has 3 N–H and O–H groups in total. The number of aromatic nitrogens is 1. The zero-order valence-corrected chi connectivity index (χ0v) is 16.7. The van der Waals surface area contributed by atoms with Crippen molar-refractivity contribution >= 4 is 55.3 Å². The monoisotopic (exact) mass is 491 g/mol. The molecular weight excluding hydrogens is 483 g/mol. The van der Waals surface area contributed by atoms with Crippen molar-refractivity contribution in [1.82, 2.24) is 4.98 Å². The van der Waals surface area contributed by atoms with Gasteiger partial charge in [-0.15, -0.1) is 11.3 Å². The molecule has 0 aliphatic rings. The first-order valence-corrected chi connectivity index (χ1v) is 10.1. The Hall–Kier alpha value is -2.28. The second-order valence-electron chi connectivity index (χ2n) is 5.26. The quantitative estimate of drug-likeness (QED) is 0.353. The molecule has 6 nitrogen and oxygen atoms in total. The van der Waals surface area contributed by atoms with Crippen LogP contribution < -0.4 is 10.0 Å². The van der Waals surface area contributed by atoms with Crippen LogP contribution >= 0.6 is 27.3 Å². The molecule has 1 aromatic heterocycles. The van der Waals surface area contributed by atoms with E-state index in [1.807, 2.05) is 12.1 Å². The van der Waals surface area contributed by atoms with E-state index in [0.29, 0.717) is 11.8 Å². The van der Waals surface area contributed by atoms with Crippen LogP contribution in [0.15, 0.2) is 40.2 Å². The largest absolute Gasteiger partial charge is 0.298 e. The third-order valence-electron chi connectivity index (χ3n) is 3.46. The van der Waals surface area contributed by atoms with Gasteiger partial charge in [-0.05, 0) is 18.2 Å². The highest BCUT2D eigenvalue weighted by molar-refractivity contribution is 9.10. The standard InChI is InChI=1S/C16H9BrF3N3O3S2/c17-8-3-1-7(2-4-8)11-6-27-16(21-11)22-15(24)9-5-10(18)12(19)13(20)14(9)23-28(25)26/h1-6,23H,(H,25,26)(H,21,22,24). The molecule has 0 radical (unpaired) electrons. The minimum Gasteiger partial charge on any atom is -0.298 e. The number of halogens is 4. The zero-order valence-electron chi connectivity index (χ0n) is 13.5. The van der Waals surface area contributed by atoms with Gasteiger partial charge in [0.15, 0.2) is 22.6 Å². The Morgan fingerprint density at radius 2 is 1.86 bits per heavy atom. The molecule has 0 aliphatic carbocycles. The minimum atomic E-state index is -2.81. The highest BCUT2D eigenvalue weighted by Crippen LogP contribution is 2.29. The number of benzene rings is 2. The number of carbonyl (C=O) groups is 1. The van der Waals surface area contributed by atoms with Gasteiger partial charge < -0.3 is 0 Å². The molecule has 1 atom stereocenters.